The van der Waals surface area contributed by atoms with Crippen LogP contribution in [-0.2, 0) is 16.5 Å². The van der Waals surface area contributed by atoms with E-state index in [4.69, 9.17) is 15.8 Å². The number of aromatic amines is 1. The zero-order valence-electron chi connectivity index (χ0n) is 13.5. The van der Waals surface area contributed by atoms with Crippen molar-refractivity contribution in [3.63, 3.8) is 0 Å². The molecule has 3 rings (SSSR count). The maximum Gasteiger partial charge on any atom is 0.339 e. The average Bonchev–Trinajstić information content (AvgIpc) is 2.89. The molecule has 1 heterocycles. The number of nitrogens with one attached hydrogen (secondary N) is 1. The molecule has 0 aliphatic carbocycles. The first-order chi connectivity index (χ1) is 11.4. The number of benzene rings is 2. The van der Waals surface area contributed by atoms with Crippen LogP contribution in [0.5, 0.6) is 5.75 Å². The average molecular weight is 364 g/mol. The van der Waals surface area contributed by atoms with Crippen LogP contribution >= 0.6 is 11.6 Å². The number of rotatable bonds is 5. The van der Waals surface area contributed by atoms with Gasteiger partial charge >= 0.3 is 10.1 Å². The van der Waals surface area contributed by atoms with E-state index in [1.165, 1.54) is 6.20 Å². The van der Waals surface area contributed by atoms with Crippen LogP contribution in [-0.4, -0.2) is 13.4 Å². The molecule has 3 aromatic rings. The fourth-order valence-corrected chi connectivity index (χ4v) is 4.07. The van der Waals surface area contributed by atoms with Gasteiger partial charge in [-0.05, 0) is 43.2 Å². The molecule has 1 N–H and O–H groups in total. The summed E-state index contributed by atoms with van der Waals surface area (Å²) in [5.41, 5.74) is 2.56. The Balaban J connectivity index is 2.03. The van der Waals surface area contributed by atoms with Gasteiger partial charge in [-0.2, -0.15) is 8.42 Å². The van der Waals surface area contributed by atoms with Crippen molar-refractivity contribution in [1.29, 1.82) is 0 Å². The largest absolute Gasteiger partial charge is 0.377 e. The van der Waals surface area contributed by atoms with Crippen molar-refractivity contribution in [2.75, 3.05) is 0 Å². The quantitative estimate of drug-likeness (QED) is 0.659. The first-order valence-corrected chi connectivity index (χ1v) is 9.50. The molecule has 0 radical (unpaired) electrons. The van der Waals surface area contributed by atoms with E-state index in [-0.39, 0.29) is 10.6 Å². The van der Waals surface area contributed by atoms with Crippen LogP contribution in [0.2, 0.25) is 5.02 Å². The number of hydrogen-bond acceptors (Lipinski definition) is 3. The maximum absolute atomic E-state index is 12.8. The summed E-state index contributed by atoms with van der Waals surface area (Å²) in [7, 11) is -3.92. The summed E-state index contributed by atoms with van der Waals surface area (Å²) >= 11 is 6.00. The third-order valence-corrected chi connectivity index (χ3v) is 5.38. The Morgan fingerprint density at radius 1 is 1.17 bits per heavy atom. The highest BCUT2D eigenvalue weighted by atomic mass is 35.5. The molecule has 24 heavy (non-hydrogen) atoms. The zero-order chi connectivity index (χ0) is 17.3. The monoisotopic (exact) mass is 363 g/mol. The summed E-state index contributed by atoms with van der Waals surface area (Å²) in [5.74, 6) is 0.246. The second-order valence-corrected chi connectivity index (χ2v) is 7.69. The van der Waals surface area contributed by atoms with Crippen LogP contribution in [0.15, 0.2) is 47.5 Å². The van der Waals surface area contributed by atoms with E-state index < -0.39 is 10.1 Å². The highest BCUT2D eigenvalue weighted by molar-refractivity contribution is 7.87. The van der Waals surface area contributed by atoms with Gasteiger partial charge in [0, 0.05) is 22.1 Å². The van der Waals surface area contributed by atoms with Gasteiger partial charge in [0.1, 0.15) is 4.90 Å². The van der Waals surface area contributed by atoms with E-state index in [2.05, 4.69) is 4.98 Å². The van der Waals surface area contributed by atoms with Gasteiger partial charge < -0.3 is 9.17 Å². The van der Waals surface area contributed by atoms with E-state index in [1.807, 2.05) is 19.9 Å². The molecule has 0 saturated carbocycles. The zero-order valence-corrected chi connectivity index (χ0v) is 15.0. The molecule has 4 nitrogen and oxygen atoms in total. The van der Waals surface area contributed by atoms with Gasteiger partial charge in [-0.1, -0.05) is 42.6 Å². The van der Waals surface area contributed by atoms with E-state index in [1.54, 1.807) is 30.3 Å². The van der Waals surface area contributed by atoms with Gasteiger partial charge in [0.05, 0.1) is 0 Å². The molecule has 0 fully saturated rings. The van der Waals surface area contributed by atoms with Gasteiger partial charge in [-0.3, -0.25) is 0 Å². The molecule has 0 bridgehead atoms. The van der Waals surface area contributed by atoms with Gasteiger partial charge in [-0.25, -0.2) is 0 Å². The third-order valence-electron chi connectivity index (χ3n) is 3.81. The Hall–Kier alpha value is -1.98. The molecule has 0 atom stereocenters. The lowest BCUT2D eigenvalue weighted by Gasteiger charge is -2.11. The normalized spacial score (nSPS) is 11.8. The van der Waals surface area contributed by atoms with Crippen molar-refractivity contribution in [3.8, 4) is 5.75 Å². The van der Waals surface area contributed by atoms with Crippen molar-refractivity contribution < 1.29 is 12.6 Å². The molecular formula is C18H18ClNO3S. The number of aromatic nitrogens is 1. The second kappa shape index (κ2) is 6.49. The van der Waals surface area contributed by atoms with Crippen LogP contribution in [0, 0.1) is 6.92 Å². The lowest BCUT2D eigenvalue weighted by Crippen LogP contribution is -2.12. The van der Waals surface area contributed by atoms with Crippen LogP contribution in [0.4, 0.5) is 0 Å². The summed E-state index contributed by atoms with van der Waals surface area (Å²) in [6.07, 6.45) is 3.07. The van der Waals surface area contributed by atoms with Crippen LogP contribution in [0.3, 0.4) is 0 Å². The summed E-state index contributed by atoms with van der Waals surface area (Å²) < 4.78 is 30.9. The van der Waals surface area contributed by atoms with Crippen molar-refractivity contribution in [2.45, 2.75) is 31.6 Å². The molecule has 0 aliphatic heterocycles. The molecule has 0 saturated heterocycles. The number of fused-ring (bicyclic) bond motifs is 1. The minimum atomic E-state index is -3.92. The number of hydrogen-bond donors (Lipinski definition) is 1. The third kappa shape index (κ3) is 3.28. The van der Waals surface area contributed by atoms with E-state index >= 15 is 0 Å². The standard InChI is InChI=1S/C18H18ClNO3S/c1-3-4-13-9-12(2)5-8-18(13)24(21,22)23-17-11-20-16-7-6-14(19)10-15(16)17/h5-11,20H,3-4H2,1-2H3. The van der Waals surface area contributed by atoms with Gasteiger partial charge in [-0.15, -0.1) is 0 Å². The van der Waals surface area contributed by atoms with E-state index in [0.717, 1.165) is 23.1 Å². The van der Waals surface area contributed by atoms with Crippen molar-refractivity contribution >= 4 is 32.6 Å². The highest BCUT2D eigenvalue weighted by Crippen LogP contribution is 2.31. The molecule has 1 aromatic heterocycles. The summed E-state index contributed by atoms with van der Waals surface area (Å²) in [6.45, 7) is 3.96. The fraction of sp³-hybridized carbons (Fsp3) is 0.222. The van der Waals surface area contributed by atoms with Crippen LogP contribution in [0.25, 0.3) is 10.9 Å². The molecular weight excluding hydrogens is 346 g/mol. The first-order valence-electron chi connectivity index (χ1n) is 7.71. The molecule has 2 aromatic carbocycles. The van der Waals surface area contributed by atoms with Gasteiger partial charge in [0.2, 0.25) is 0 Å². The Kier molecular flexibility index (Phi) is 4.56. The van der Waals surface area contributed by atoms with Gasteiger partial charge in [0.25, 0.3) is 0 Å². The van der Waals surface area contributed by atoms with Crippen LogP contribution in [0.1, 0.15) is 24.5 Å². The molecule has 0 amide bonds. The Morgan fingerprint density at radius 3 is 2.71 bits per heavy atom. The second-order valence-electron chi connectivity index (χ2n) is 5.74. The van der Waals surface area contributed by atoms with Gasteiger partial charge in [0.15, 0.2) is 5.75 Å². The van der Waals surface area contributed by atoms with Crippen molar-refractivity contribution in [1.82, 2.24) is 4.98 Å². The maximum atomic E-state index is 12.8. The molecule has 0 aliphatic rings. The lowest BCUT2D eigenvalue weighted by atomic mass is 10.1. The van der Waals surface area contributed by atoms with Crippen LogP contribution < -0.4 is 4.18 Å². The smallest absolute Gasteiger partial charge is 0.339 e. The molecule has 6 heteroatoms. The minimum Gasteiger partial charge on any atom is -0.377 e. The minimum absolute atomic E-state index is 0.214. The fourth-order valence-electron chi connectivity index (χ4n) is 2.72. The number of H-pyrrole nitrogens is 1. The SMILES string of the molecule is CCCc1cc(C)ccc1S(=O)(=O)Oc1c[nH]c2ccc(Cl)cc12. The molecule has 126 valence electrons. The predicted octanol–water partition coefficient (Wildman–Crippen LogP) is 4.85. The highest BCUT2D eigenvalue weighted by Gasteiger charge is 2.22. The number of halogens is 1. The van der Waals surface area contributed by atoms with E-state index in [0.29, 0.717) is 16.8 Å². The van der Waals surface area contributed by atoms with Crippen molar-refractivity contribution in [3.05, 3.63) is 58.7 Å². The Morgan fingerprint density at radius 2 is 1.96 bits per heavy atom. The lowest BCUT2D eigenvalue weighted by molar-refractivity contribution is 0.487. The molecule has 0 unspecified atom stereocenters. The summed E-state index contributed by atoms with van der Waals surface area (Å²) in [4.78, 5) is 3.20. The summed E-state index contributed by atoms with van der Waals surface area (Å²) in [5, 5.41) is 1.15. The topological polar surface area (TPSA) is 59.2 Å². The predicted molar refractivity (Wildman–Crippen MR) is 96.3 cm³/mol. The first kappa shape index (κ1) is 16.9. The molecule has 0 spiro atoms. The summed E-state index contributed by atoms with van der Waals surface area (Å²) in [6, 6.07) is 10.5. The Bertz CT molecular complexity index is 993. The van der Waals surface area contributed by atoms with E-state index in [9.17, 15) is 8.42 Å². The number of aryl methyl sites for hydroxylation is 2. The van der Waals surface area contributed by atoms with Crippen molar-refractivity contribution in [2.24, 2.45) is 0 Å². The Labute approximate surface area is 146 Å².